The molecule has 0 aliphatic carbocycles. The van der Waals surface area contributed by atoms with E-state index in [1.54, 1.807) is 12.1 Å². The maximum absolute atomic E-state index is 12.7. The van der Waals surface area contributed by atoms with Gasteiger partial charge in [0.05, 0.1) is 30.6 Å². The monoisotopic (exact) mass is 403 g/mol. The first-order valence-corrected chi connectivity index (χ1v) is 10.1. The fourth-order valence-corrected chi connectivity index (χ4v) is 3.86. The number of benzene rings is 3. The van der Waals surface area contributed by atoms with Crippen molar-refractivity contribution in [2.24, 2.45) is 0 Å². The summed E-state index contributed by atoms with van der Waals surface area (Å²) in [5, 5.41) is 8.28. The van der Waals surface area contributed by atoms with E-state index in [1.807, 2.05) is 48.5 Å². The molecule has 3 aromatic rings. The average Bonchev–Trinajstić information content (AvgIpc) is 3.32. The Morgan fingerprint density at radius 3 is 2.53 bits per heavy atom. The number of carbonyl (C=O) groups is 2. The Balaban J connectivity index is 1.51. The Hall–Kier alpha value is -3.54. The molecule has 3 aromatic carbocycles. The molecule has 1 fully saturated rings. The van der Waals surface area contributed by atoms with Crippen LogP contribution in [0.15, 0.2) is 60.7 Å². The molecule has 1 saturated heterocycles. The molecule has 0 unspecified atom stereocenters. The van der Waals surface area contributed by atoms with E-state index in [1.165, 1.54) is 7.11 Å². The van der Waals surface area contributed by atoms with Crippen molar-refractivity contribution in [3.63, 3.8) is 0 Å². The van der Waals surface area contributed by atoms with Gasteiger partial charge in [0.15, 0.2) is 0 Å². The van der Waals surface area contributed by atoms with Crippen LogP contribution in [0, 0.1) is 0 Å². The van der Waals surface area contributed by atoms with E-state index in [-0.39, 0.29) is 12.5 Å². The molecular weight excluding hydrogens is 378 g/mol. The minimum atomic E-state index is -0.397. The molecule has 0 aromatic heterocycles. The van der Waals surface area contributed by atoms with E-state index in [0.717, 1.165) is 53.8 Å². The Bertz CT molecular complexity index is 1070. The molecule has 2 N–H and O–H groups in total. The molecular formula is C24H25N3O3. The Labute approximate surface area is 175 Å². The van der Waals surface area contributed by atoms with Gasteiger partial charge < -0.3 is 20.3 Å². The first-order chi connectivity index (χ1) is 14.7. The minimum absolute atomic E-state index is 0.0920. The summed E-state index contributed by atoms with van der Waals surface area (Å²) in [6.45, 7) is 2.03. The van der Waals surface area contributed by atoms with Crippen molar-refractivity contribution in [2.75, 3.05) is 42.3 Å². The fourth-order valence-electron chi connectivity index (χ4n) is 3.86. The maximum atomic E-state index is 12.7. The summed E-state index contributed by atoms with van der Waals surface area (Å²) in [6.07, 6.45) is 2.28. The molecule has 1 heterocycles. The van der Waals surface area contributed by atoms with Crippen molar-refractivity contribution >= 4 is 39.7 Å². The third-order valence-electron chi connectivity index (χ3n) is 5.37. The highest BCUT2D eigenvalue weighted by Crippen LogP contribution is 2.30. The summed E-state index contributed by atoms with van der Waals surface area (Å²) in [5.74, 6) is -0.548. The molecule has 0 atom stereocenters. The third-order valence-corrected chi connectivity index (χ3v) is 5.37. The number of hydrogen-bond acceptors (Lipinski definition) is 5. The second-order valence-corrected chi connectivity index (χ2v) is 7.35. The molecule has 1 aliphatic heterocycles. The SMILES string of the molecule is COC(=O)c1ccc(N2CCCC2)c(NCC(=O)Nc2cccc3ccccc23)c1. The number of methoxy groups -OCH3 is 1. The van der Waals surface area contributed by atoms with Crippen LogP contribution in [0.5, 0.6) is 0 Å². The highest BCUT2D eigenvalue weighted by Gasteiger charge is 2.18. The lowest BCUT2D eigenvalue weighted by Crippen LogP contribution is -2.24. The van der Waals surface area contributed by atoms with Gasteiger partial charge in [-0.15, -0.1) is 0 Å². The quantitative estimate of drug-likeness (QED) is 0.601. The number of anilines is 3. The minimum Gasteiger partial charge on any atom is -0.465 e. The Morgan fingerprint density at radius 2 is 1.73 bits per heavy atom. The van der Waals surface area contributed by atoms with Crippen LogP contribution in [0.1, 0.15) is 23.2 Å². The lowest BCUT2D eigenvalue weighted by atomic mass is 10.1. The predicted molar refractivity (Wildman–Crippen MR) is 120 cm³/mol. The van der Waals surface area contributed by atoms with Gasteiger partial charge in [-0.2, -0.15) is 0 Å². The van der Waals surface area contributed by atoms with Crippen molar-refractivity contribution in [1.82, 2.24) is 0 Å². The van der Waals surface area contributed by atoms with Gasteiger partial charge in [-0.25, -0.2) is 4.79 Å². The number of nitrogens with zero attached hydrogens (tertiary/aromatic N) is 1. The van der Waals surface area contributed by atoms with E-state index in [4.69, 9.17) is 4.74 Å². The summed E-state index contributed by atoms with van der Waals surface area (Å²) in [7, 11) is 1.36. The van der Waals surface area contributed by atoms with E-state index < -0.39 is 5.97 Å². The number of ether oxygens (including phenoxy) is 1. The molecule has 0 bridgehead atoms. The standard InChI is InChI=1S/C24H25N3O3/c1-30-24(29)18-11-12-22(27-13-4-5-14-27)21(15-18)25-16-23(28)26-20-10-6-8-17-7-2-3-9-19(17)20/h2-3,6-12,15,25H,4-5,13-14,16H2,1H3,(H,26,28). The van der Waals surface area contributed by atoms with E-state index in [9.17, 15) is 9.59 Å². The molecule has 4 rings (SSSR count). The second kappa shape index (κ2) is 8.86. The summed E-state index contributed by atoms with van der Waals surface area (Å²) in [5.41, 5.74) is 2.99. The molecule has 0 radical (unpaired) electrons. The average molecular weight is 403 g/mol. The summed E-state index contributed by atoms with van der Waals surface area (Å²) in [6, 6.07) is 19.2. The van der Waals surface area contributed by atoms with Crippen LogP contribution >= 0.6 is 0 Å². The number of nitrogens with one attached hydrogen (secondary N) is 2. The van der Waals surface area contributed by atoms with Gasteiger partial charge in [0.1, 0.15) is 0 Å². The van der Waals surface area contributed by atoms with Gasteiger partial charge in [-0.3, -0.25) is 4.79 Å². The van der Waals surface area contributed by atoms with Crippen LogP contribution in [0.4, 0.5) is 17.1 Å². The van der Waals surface area contributed by atoms with Crippen molar-refractivity contribution < 1.29 is 14.3 Å². The number of rotatable bonds is 6. The van der Waals surface area contributed by atoms with Gasteiger partial charge in [0, 0.05) is 24.2 Å². The van der Waals surface area contributed by atoms with Crippen LogP contribution in [0.25, 0.3) is 10.8 Å². The van der Waals surface area contributed by atoms with Crippen molar-refractivity contribution in [1.29, 1.82) is 0 Å². The second-order valence-electron chi connectivity index (χ2n) is 7.35. The lowest BCUT2D eigenvalue weighted by molar-refractivity contribution is -0.114. The number of fused-ring (bicyclic) bond motifs is 1. The highest BCUT2D eigenvalue weighted by atomic mass is 16.5. The van der Waals surface area contributed by atoms with Gasteiger partial charge in [-0.1, -0.05) is 36.4 Å². The highest BCUT2D eigenvalue weighted by molar-refractivity contribution is 6.03. The zero-order valence-electron chi connectivity index (χ0n) is 17.0. The topological polar surface area (TPSA) is 70.7 Å². The van der Waals surface area contributed by atoms with Gasteiger partial charge in [0.25, 0.3) is 0 Å². The van der Waals surface area contributed by atoms with E-state index in [2.05, 4.69) is 15.5 Å². The largest absolute Gasteiger partial charge is 0.465 e. The zero-order valence-corrected chi connectivity index (χ0v) is 17.0. The first-order valence-electron chi connectivity index (χ1n) is 10.1. The third kappa shape index (κ3) is 4.22. The lowest BCUT2D eigenvalue weighted by Gasteiger charge is -2.22. The molecule has 154 valence electrons. The van der Waals surface area contributed by atoms with Gasteiger partial charge in [0.2, 0.25) is 5.91 Å². The van der Waals surface area contributed by atoms with Crippen LogP contribution < -0.4 is 15.5 Å². The molecule has 1 amide bonds. The predicted octanol–water partition coefficient (Wildman–Crippen LogP) is 4.28. The molecule has 0 saturated carbocycles. The molecule has 0 spiro atoms. The number of amides is 1. The molecule has 6 heteroatoms. The van der Waals surface area contributed by atoms with E-state index >= 15 is 0 Å². The smallest absolute Gasteiger partial charge is 0.337 e. The molecule has 6 nitrogen and oxygen atoms in total. The Kier molecular flexibility index (Phi) is 5.84. The first kappa shape index (κ1) is 19.8. The normalized spacial score (nSPS) is 13.3. The molecule has 1 aliphatic rings. The summed E-state index contributed by atoms with van der Waals surface area (Å²) in [4.78, 5) is 26.9. The maximum Gasteiger partial charge on any atom is 0.337 e. The van der Waals surface area contributed by atoms with Crippen LogP contribution in [-0.4, -0.2) is 38.6 Å². The summed E-state index contributed by atoms with van der Waals surface area (Å²) >= 11 is 0. The van der Waals surface area contributed by atoms with Crippen molar-refractivity contribution in [3.8, 4) is 0 Å². The number of hydrogen-bond donors (Lipinski definition) is 2. The number of esters is 1. The van der Waals surface area contributed by atoms with Crippen molar-refractivity contribution in [3.05, 3.63) is 66.2 Å². The van der Waals surface area contributed by atoms with Crippen LogP contribution in [-0.2, 0) is 9.53 Å². The van der Waals surface area contributed by atoms with Crippen molar-refractivity contribution in [2.45, 2.75) is 12.8 Å². The molecule has 30 heavy (non-hydrogen) atoms. The Morgan fingerprint density at radius 1 is 0.967 bits per heavy atom. The zero-order chi connectivity index (χ0) is 20.9. The fraction of sp³-hybridized carbons (Fsp3) is 0.250. The van der Waals surface area contributed by atoms with Gasteiger partial charge in [-0.05, 0) is 42.5 Å². The summed E-state index contributed by atoms with van der Waals surface area (Å²) < 4.78 is 4.84. The van der Waals surface area contributed by atoms with Crippen LogP contribution in [0.3, 0.4) is 0 Å². The van der Waals surface area contributed by atoms with Crippen LogP contribution in [0.2, 0.25) is 0 Å². The number of carbonyl (C=O) groups excluding carboxylic acids is 2. The van der Waals surface area contributed by atoms with Gasteiger partial charge >= 0.3 is 5.97 Å². The van der Waals surface area contributed by atoms with E-state index in [0.29, 0.717) is 5.56 Å².